The first-order valence-corrected chi connectivity index (χ1v) is 9.85. The molecule has 3 rings (SSSR count). The zero-order chi connectivity index (χ0) is 21.7. The molecule has 2 aromatic rings. The number of nitrogens with two attached hydrogens (primary N) is 1. The summed E-state index contributed by atoms with van der Waals surface area (Å²) in [5.74, 6) is 5.68. The molecule has 0 atom stereocenters. The molecule has 0 unspecified atom stereocenters. The number of carbonyl (C=O) groups excluding carboxylic acids is 1. The van der Waals surface area contributed by atoms with Gasteiger partial charge in [0.1, 0.15) is 5.82 Å². The number of anilines is 1. The molecule has 30 heavy (non-hydrogen) atoms. The van der Waals surface area contributed by atoms with Crippen LogP contribution in [-0.4, -0.2) is 53.7 Å². The maximum atomic E-state index is 12.6. The highest BCUT2D eigenvalue weighted by Gasteiger charge is 2.30. The summed E-state index contributed by atoms with van der Waals surface area (Å²) in [7, 11) is 1.73. The topological polar surface area (TPSA) is 74.5 Å². The van der Waals surface area contributed by atoms with Crippen LogP contribution in [0.15, 0.2) is 36.7 Å². The van der Waals surface area contributed by atoms with Crippen molar-refractivity contribution in [1.82, 2.24) is 14.9 Å². The second kappa shape index (κ2) is 9.44. The highest BCUT2D eigenvalue weighted by atomic mass is 19.4. The molecular formula is C21H26F3N5O. The van der Waals surface area contributed by atoms with Gasteiger partial charge in [-0.05, 0) is 55.1 Å². The number of alkyl halides is 3. The van der Waals surface area contributed by atoms with Gasteiger partial charge in [-0.25, -0.2) is 10.8 Å². The molecule has 2 heterocycles. The van der Waals surface area contributed by atoms with E-state index in [4.69, 9.17) is 5.84 Å². The molecule has 1 aromatic carbocycles. The monoisotopic (exact) mass is 421 g/mol. The largest absolute Gasteiger partial charge is 0.390 e. The van der Waals surface area contributed by atoms with Gasteiger partial charge in [-0.2, -0.15) is 13.2 Å². The van der Waals surface area contributed by atoms with Gasteiger partial charge in [0, 0.05) is 37.3 Å². The average molecular weight is 421 g/mol. The molecule has 0 bridgehead atoms. The lowest BCUT2D eigenvalue weighted by atomic mass is 9.95. The van der Waals surface area contributed by atoms with Crippen LogP contribution in [0.3, 0.4) is 0 Å². The van der Waals surface area contributed by atoms with Crippen LogP contribution in [-0.2, 0) is 4.79 Å². The van der Waals surface area contributed by atoms with E-state index < -0.39 is 12.6 Å². The maximum Gasteiger partial charge on any atom is 0.390 e. The lowest BCUT2D eigenvalue weighted by Crippen LogP contribution is -2.39. The van der Waals surface area contributed by atoms with Crippen molar-refractivity contribution in [2.24, 2.45) is 11.8 Å². The highest BCUT2D eigenvalue weighted by Crippen LogP contribution is 2.24. The summed E-state index contributed by atoms with van der Waals surface area (Å²) in [6.07, 6.45) is 1.44. The number of hydrogen-bond donors (Lipinski definition) is 2. The number of benzene rings is 1. The number of nitrogens with one attached hydrogen (secondary N) is 1. The van der Waals surface area contributed by atoms with E-state index in [1.165, 1.54) is 5.01 Å². The molecule has 1 saturated heterocycles. The molecule has 1 aliphatic rings. The van der Waals surface area contributed by atoms with Crippen molar-refractivity contribution in [3.8, 4) is 0 Å². The molecule has 1 fully saturated rings. The number of hydrogen-bond acceptors (Lipinski definition) is 5. The SMILES string of the molecule is CN(N)/C=C/c1ccc2cnc(NC(=O)C3CCN(CCC(F)(F)F)CC3)cc2c1. The van der Waals surface area contributed by atoms with Gasteiger partial charge in [0.05, 0.1) is 6.42 Å². The van der Waals surface area contributed by atoms with Crippen LogP contribution >= 0.6 is 0 Å². The number of piperidine rings is 1. The molecule has 1 amide bonds. The predicted molar refractivity (Wildman–Crippen MR) is 111 cm³/mol. The number of amides is 1. The van der Waals surface area contributed by atoms with Gasteiger partial charge in [-0.3, -0.25) is 4.79 Å². The Morgan fingerprint density at radius 2 is 2.03 bits per heavy atom. The van der Waals surface area contributed by atoms with Gasteiger partial charge in [0.25, 0.3) is 0 Å². The standard InChI is InChI=1S/C21H26F3N5O/c1-28(25)8-4-15-2-3-17-14-26-19(13-18(17)12-15)27-20(30)16-5-9-29(10-6-16)11-7-21(22,23)24/h2-4,8,12-14,16H,5-7,9-11,25H2,1H3,(H,26,27,30)/b8-4+. The summed E-state index contributed by atoms with van der Waals surface area (Å²) in [5.41, 5.74) is 0.967. The molecule has 0 radical (unpaired) electrons. The Balaban J connectivity index is 1.58. The molecule has 0 aliphatic carbocycles. The van der Waals surface area contributed by atoms with Crippen LogP contribution in [0.1, 0.15) is 24.8 Å². The fourth-order valence-electron chi connectivity index (χ4n) is 3.47. The summed E-state index contributed by atoms with van der Waals surface area (Å²) in [5, 5.41) is 6.19. The lowest BCUT2D eigenvalue weighted by molar-refractivity contribution is -0.139. The first kappa shape index (κ1) is 22.0. The summed E-state index contributed by atoms with van der Waals surface area (Å²) in [6.45, 7) is 0.968. The van der Waals surface area contributed by atoms with Crippen molar-refractivity contribution in [3.05, 3.63) is 42.2 Å². The molecule has 0 spiro atoms. The van der Waals surface area contributed by atoms with Crippen molar-refractivity contribution in [3.63, 3.8) is 0 Å². The summed E-state index contributed by atoms with van der Waals surface area (Å²) in [4.78, 5) is 18.7. The van der Waals surface area contributed by atoms with Crippen LogP contribution in [0.5, 0.6) is 0 Å². The van der Waals surface area contributed by atoms with Gasteiger partial charge in [0.2, 0.25) is 5.91 Å². The second-order valence-corrected chi connectivity index (χ2v) is 7.63. The minimum absolute atomic E-state index is 0.0131. The maximum absolute atomic E-state index is 12.6. The first-order chi connectivity index (χ1) is 14.2. The van der Waals surface area contributed by atoms with Crippen LogP contribution in [0.25, 0.3) is 16.8 Å². The minimum Gasteiger partial charge on any atom is -0.321 e. The molecule has 1 aliphatic heterocycles. The molecule has 0 saturated carbocycles. The van der Waals surface area contributed by atoms with Gasteiger partial charge in [-0.1, -0.05) is 12.1 Å². The highest BCUT2D eigenvalue weighted by molar-refractivity contribution is 5.94. The number of nitrogens with zero attached hydrogens (tertiary/aromatic N) is 3. The van der Waals surface area contributed by atoms with E-state index in [1.54, 1.807) is 24.3 Å². The van der Waals surface area contributed by atoms with Crippen LogP contribution in [0, 0.1) is 5.92 Å². The Hall–Kier alpha value is -2.65. The molecule has 9 heteroatoms. The summed E-state index contributed by atoms with van der Waals surface area (Å²) >= 11 is 0. The molecule has 3 N–H and O–H groups in total. The van der Waals surface area contributed by atoms with Crippen molar-refractivity contribution in [2.75, 3.05) is 32.0 Å². The number of halogens is 3. The average Bonchev–Trinajstić information content (AvgIpc) is 2.70. The Morgan fingerprint density at radius 1 is 1.30 bits per heavy atom. The zero-order valence-electron chi connectivity index (χ0n) is 16.8. The number of rotatable bonds is 6. The van der Waals surface area contributed by atoms with Crippen molar-refractivity contribution in [2.45, 2.75) is 25.4 Å². The Labute approximate surface area is 173 Å². The molecule has 1 aromatic heterocycles. The van der Waals surface area contributed by atoms with E-state index in [1.807, 2.05) is 30.3 Å². The predicted octanol–water partition coefficient (Wildman–Crippen LogP) is 3.61. The van der Waals surface area contributed by atoms with Crippen molar-refractivity contribution in [1.29, 1.82) is 0 Å². The van der Waals surface area contributed by atoms with Crippen LogP contribution < -0.4 is 11.2 Å². The quantitative estimate of drug-likeness (QED) is 0.551. The Morgan fingerprint density at radius 3 is 2.70 bits per heavy atom. The number of hydrazine groups is 1. The number of carbonyl (C=O) groups is 1. The van der Waals surface area contributed by atoms with Crippen molar-refractivity contribution >= 4 is 28.6 Å². The third-order valence-electron chi connectivity index (χ3n) is 5.17. The molecule has 162 valence electrons. The summed E-state index contributed by atoms with van der Waals surface area (Å²) in [6, 6.07) is 7.69. The fourth-order valence-corrected chi connectivity index (χ4v) is 3.47. The first-order valence-electron chi connectivity index (χ1n) is 9.85. The van der Waals surface area contributed by atoms with E-state index in [0.29, 0.717) is 31.7 Å². The van der Waals surface area contributed by atoms with Gasteiger partial charge >= 0.3 is 6.18 Å². The number of likely N-dealkylation sites (tertiary alicyclic amines) is 1. The van der Waals surface area contributed by atoms with Gasteiger partial charge < -0.3 is 15.2 Å². The molecular weight excluding hydrogens is 395 g/mol. The Kier molecular flexibility index (Phi) is 6.94. The smallest absolute Gasteiger partial charge is 0.321 e. The fraction of sp³-hybridized carbons (Fsp3) is 0.429. The molecule has 6 nitrogen and oxygen atoms in total. The summed E-state index contributed by atoms with van der Waals surface area (Å²) < 4.78 is 37.1. The van der Waals surface area contributed by atoms with Gasteiger partial charge in [0.15, 0.2) is 0 Å². The van der Waals surface area contributed by atoms with Crippen molar-refractivity contribution < 1.29 is 18.0 Å². The van der Waals surface area contributed by atoms with E-state index in [0.717, 1.165) is 16.3 Å². The third-order valence-corrected chi connectivity index (χ3v) is 5.17. The third kappa shape index (κ3) is 6.43. The minimum atomic E-state index is -4.15. The van der Waals surface area contributed by atoms with E-state index >= 15 is 0 Å². The lowest BCUT2D eigenvalue weighted by Gasteiger charge is -2.31. The Bertz CT molecular complexity index is 905. The number of aromatic nitrogens is 1. The van der Waals surface area contributed by atoms with Crippen LogP contribution in [0.2, 0.25) is 0 Å². The number of fused-ring (bicyclic) bond motifs is 1. The van der Waals surface area contributed by atoms with E-state index in [9.17, 15) is 18.0 Å². The van der Waals surface area contributed by atoms with E-state index in [-0.39, 0.29) is 18.4 Å². The second-order valence-electron chi connectivity index (χ2n) is 7.63. The normalized spacial score (nSPS) is 16.3. The number of pyridine rings is 1. The van der Waals surface area contributed by atoms with E-state index in [2.05, 4.69) is 10.3 Å². The van der Waals surface area contributed by atoms with Crippen LogP contribution in [0.4, 0.5) is 19.0 Å². The zero-order valence-corrected chi connectivity index (χ0v) is 16.8. The van der Waals surface area contributed by atoms with Gasteiger partial charge in [-0.15, -0.1) is 0 Å².